The molecule has 0 bridgehead atoms. The Morgan fingerprint density at radius 1 is 1.08 bits per heavy atom. The first kappa shape index (κ1) is 25.3. The van der Waals surface area contributed by atoms with Gasteiger partial charge in [0.1, 0.15) is 11.6 Å². The van der Waals surface area contributed by atoms with E-state index in [2.05, 4.69) is 16.9 Å². The van der Waals surface area contributed by atoms with Crippen LogP contribution in [0.4, 0.5) is 4.39 Å². The molecule has 1 N–H and O–H groups in total. The van der Waals surface area contributed by atoms with Gasteiger partial charge in [0.25, 0.3) is 5.56 Å². The summed E-state index contributed by atoms with van der Waals surface area (Å²) in [6.45, 7) is 6.07. The van der Waals surface area contributed by atoms with E-state index in [1.165, 1.54) is 12.1 Å². The second-order valence-electron chi connectivity index (χ2n) is 9.15. The average Bonchev–Trinajstić information content (AvgIpc) is 2.88. The van der Waals surface area contributed by atoms with Gasteiger partial charge in [-0.1, -0.05) is 56.7 Å². The fourth-order valence-electron chi connectivity index (χ4n) is 4.68. The molecule has 0 radical (unpaired) electrons. The maximum absolute atomic E-state index is 14.1. The lowest BCUT2D eigenvalue weighted by Gasteiger charge is -2.25. The zero-order valence-corrected chi connectivity index (χ0v) is 21.0. The van der Waals surface area contributed by atoms with E-state index >= 15 is 0 Å². The lowest BCUT2D eigenvalue weighted by Crippen LogP contribution is -2.25. The minimum Gasteiger partial charge on any atom is -0.494 e. The van der Waals surface area contributed by atoms with E-state index in [9.17, 15) is 14.3 Å². The first-order valence-corrected chi connectivity index (χ1v) is 12.5. The maximum Gasteiger partial charge on any atom is 0.280 e. The van der Waals surface area contributed by atoms with Crippen molar-refractivity contribution >= 4 is 0 Å². The van der Waals surface area contributed by atoms with Crippen LogP contribution in [0.3, 0.4) is 0 Å². The Balaban J connectivity index is 1.75. The van der Waals surface area contributed by atoms with Crippen LogP contribution in [0.5, 0.6) is 5.88 Å². The molecule has 186 valence electrons. The molecule has 0 aliphatic heterocycles. The predicted octanol–water partition coefficient (Wildman–Crippen LogP) is 6.39. The van der Waals surface area contributed by atoms with Gasteiger partial charge >= 0.3 is 0 Å². The van der Waals surface area contributed by atoms with Crippen molar-refractivity contribution in [3.63, 3.8) is 0 Å². The van der Waals surface area contributed by atoms with Crippen LogP contribution in [0.25, 0.3) is 11.1 Å². The Kier molecular flexibility index (Phi) is 7.93. The number of hydrogen-bond acceptors (Lipinski definition) is 4. The molecule has 0 saturated carbocycles. The molecule has 0 aliphatic rings. The molecule has 0 saturated heterocycles. The number of nitrogens with zero attached hydrogens (tertiary/aromatic N) is 3. The van der Waals surface area contributed by atoms with Crippen molar-refractivity contribution < 1.29 is 9.50 Å². The summed E-state index contributed by atoms with van der Waals surface area (Å²) >= 11 is 0. The number of aromatic hydroxyl groups is 1. The fourth-order valence-corrected chi connectivity index (χ4v) is 4.68. The summed E-state index contributed by atoms with van der Waals surface area (Å²) in [6, 6.07) is 16.0. The topological polar surface area (TPSA) is 68.0 Å². The summed E-state index contributed by atoms with van der Waals surface area (Å²) in [5.41, 5.74) is 4.71. The monoisotopic (exact) mass is 485 g/mol. The van der Waals surface area contributed by atoms with Crippen LogP contribution < -0.4 is 5.56 Å². The molecule has 0 fully saturated rings. The summed E-state index contributed by atoms with van der Waals surface area (Å²) in [4.78, 5) is 21.6. The van der Waals surface area contributed by atoms with Gasteiger partial charge in [-0.15, -0.1) is 0 Å². The molecular weight excluding hydrogens is 453 g/mol. The van der Waals surface area contributed by atoms with Crippen molar-refractivity contribution in [3.8, 4) is 17.0 Å². The SMILES string of the molecule is CCCCc1nc(=O)c(Cc2ccc(-c3ccncc3C)cc2)c(O)n1[C@@H](CC)c1cccc(F)c1. The molecule has 0 spiro atoms. The molecule has 0 unspecified atom stereocenters. The molecule has 2 heterocycles. The minimum atomic E-state index is -0.419. The lowest BCUT2D eigenvalue weighted by atomic mass is 9.99. The van der Waals surface area contributed by atoms with E-state index < -0.39 is 5.56 Å². The Morgan fingerprint density at radius 3 is 2.53 bits per heavy atom. The van der Waals surface area contributed by atoms with Crippen molar-refractivity contribution in [1.29, 1.82) is 0 Å². The number of halogens is 1. The van der Waals surface area contributed by atoms with Gasteiger partial charge in [0.15, 0.2) is 0 Å². The van der Waals surface area contributed by atoms with Gasteiger partial charge < -0.3 is 5.11 Å². The number of unbranched alkanes of at least 4 members (excludes halogenated alkanes) is 1. The molecule has 0 aliphatic carbocycles. The second kappa shape index (κ2) is 11.3. The van der Waals surface area contributed by atoms with Gasteiger partial charge in [0.2, 0.25) is 5.88 Å². The molecule has 6 heteroatoms. The zero-order valence-electron chi connectivity index (χ0n) is 21.0. The van der Waals surface area contributed by atoms with Crippen LogP contribution >= 0.6 is 0 Å². The van der Waals surface area contributed by atoms with Crippen LogP contribution in [-0.4, -0.2) is 19.6 Å². The Morgan fingerprint density at radius 2 is 1.86 bits per heavy atom. The Bertz CT molecular complexity index is 1400. The molecule has 4 rings (SSSR count). The predicted molar refractivity (Wildman–Crippen MR) is 141 cm³/mol. The van der Waals surface area contributed by atoms with Crippen LogP contribution in [0.2, 0.25) is 0 Å². The Hall–Kier alpha value is -3.80. The highest BCUT2D eigenvalue weighted by molar-refractivity contribution is 5.66. The summed E-state index contributed by atoms with van der Waals surface area (Å²) in [5, 5.41) is 11.4. The number of benzene rings is 2. The van der Waals surface area contributed by atoms with E-state index in [0.29, 0.717) is 18.7 Å². The van der Waals surface area contributed by atoms with Crippen molar-refractivity contribution in [3.05, 3.63) is 111 Å². The third-order valence-electron chi connectivity index (χ3n) is 6.62. The summed E-state index contributed by atoms with van der Waals surface area (Å²) in [6.07, 6.45) is 6.79. The minimum absolute atomic E-state index is 0.0914. The molecule has 2 aromatic carbocycles. The standard InChI is InChI=1S/C30H32FN3O2/c1-4-6-10-28-33-29(35)26(30(36)34(28)27(5-2)23-8-7-9-24(31)18-23)17-21-11-13-22(14-12-21)25-15-16-32-19-20(25)3/h7-9,11-16,18-19,27,36H,4-6,10,17H2,1-3H3/t27-/m0/s1. The molecule has 2 aromatic heterocycles. The highest BCUT2D eigenvalue weighted by Gasteiger charge is 2.23. The maximum atomic E-state index is 14.1. The molecule has 0 amide bonds. The van der Waals surface area contributed by atoms with Gasteiger partial charge in [-0.25, -0.2) is 4.39 Å². The number of pyridine rings is 1. The van der Waals surface area contributed by atoms with E-state index in [0.717, 1.165) is 40.7 Å². The van der Waals surface area contributed by atoms with Crippen molar-refractivity contribution in [1.82, 2.24) is 14.5 Å². The first-order chi connectivity index (χ1) is 17.4. The van der Waals surface area contributed by atoms with Gasteiger partial charge in [-0.3, -0.25) is 14.3 Å². The Labute approximate surface area is 211 Å². The highest BCUT2D eigenvalue weighted by Crippen LogP contribution is 2.31. The van der Waals surface area contributed by atoms with E-state index in [-0.39, 0.29) is 29.7 Å². The quantitative estimate of drug-likeness (QED) is 0.298. The van der Waals surface area contributed by atoms with Gasteiger partial charge in [-0.05, 0) is 65.8 Å². The first-order valence-electron chi connectivity index (χ1n) is 12.5. The van der Waals surface area contributed by atoms with Gasteiger partial charge in [0, 0.05) is 25.2 Å². The summed E-state index contributed by atoms with van der Waals surface area (Å²) in [5.74, 6) is 0.105. The molecule has 5 nitrogen and oxygen atoms in total. The number of aryl methyl sites for hydroxylation is 2. The van der Waals surface area contributed by atoms with Crippen LogP contribution in [-0.2, 0) is 12.8 Å². The van der Waals surface area contributed by atoms with Gasteiger partial charge in [0.05, 0.1) is 11.6 Å². The lowest BCUT2D eigenvalue weighted by molar-refractivity contribution is 0.368. The molecule has 36 heavy (non-hydrogen) atoms. The summed E-state index contributed by atoms with van der Waals surface area (Å²) < 4.78 is 15.8. The third kappa shape index (κ3) is 5.38. The number of rotatable bonds is 9. The van der Waals surface area contributed by atoms with E-state index in [4.69, 9.17) is 0 Å². The molecule has 4 aromatic rings. The van der Waals surface area contributed by atoms with Crippen LogP contribution in [0, 0.1) is 12.7 Å². The smallest absolute Gasteiger partial charge is 0.280 e. The zero-order chi connectivity index (χ0) is 25.7. The molecular formula is C30H32FN3O2. The number of hydrogen-bond donors (Lipinski definition) is 1. The van der Waals surface area contributed by atoms with E-state index in [1.807, 2.05) is 56.4 Å². The van der Waals surface area contributed by atoms with Crippen molar-refractivity contribution in [2.75, 3.05) is 0 Å². The third-order valence-corrected chi connectivity index (χ3v) is 6.62. The van der Waals surface area contributed by atoms with Gasteiger partial charge in [-0.2, -0.15) is 4.98 Å². The largest absolute Gasteiger partial charge is 0.494 e. The van der Waals surface area contributed by atoms with Crippen molar-refractivity contribution in [2.45, 2.75) is 58.9 Å². The van der Waals surface area contributed by atoms with Crippen molar-refractivity contribution in [2.24, 2.45) is 0 Å². The normalized spacial score (nSPS) is 12.0. The molecule has 1 atom stereocenters. The van der Waals surface area contributed by atoms with E-state index in [1.54, 1.807) is 16.8 Å². The van der Waals surface area contributed by atoms with Crippen LogP contribution in [0.1, 0.15) is 67.2 Å². The second-order valence-corrected chi connectivity index (χ2v) is 9.15. The average molecular weight is 486 g/mol. The summed E-state index contributed by atoms with van der Waals surface area (Å²) in [7, 11) is 0. The number of aromatic nitrogens is 3. The highest BCUT2D eigenvalue weighted by atomic mass is 19.1. The van der Waals surface area contributed by atoms with Crippen LogP contribution in [0.15, 0.2) is 71.8 Å². The fraction of sp³-hybridized carbons (Fsp3) is 0.300.